The maximum Gasteiger partial charge on any atom is 0.255 e. The van der Waals surface area contributed by atoms with Gasteiger partial charge in [0.2, 0.25) is 0 Å². The molecule has 1 unspecified atom stereocenters. The van der Waals surface area contributed by atoms with Gasteiger partial charge < -0.3 is 16.2 Å². The highest BCUT2D eigenvalue weighted by molar-refractivity contribution is 5.96. The Labute approximate surface area is 95.5 Å². The Morgan fingerprint density at radius 2 is 2.19 bits per heavy atom. The molecule has 0 bridgehead atoms. The number of benzene rings is 1. The van der Waals surface area contributed by atoms with Crippen LogP contribution in [0, 0.1) is 0 Å². The lowest BCUT2D eigenvalue weighted by atomic mass is 10.1. The molecule has 0 heterocycles. The Kier molecular flexibility index (Phi) is 4.79. The molecular formula is C12H18N2O2. The predicted octanol–water partition coefficient (Wildman–Crippen LogP) is 1.25. The van der Waals surface area contributed by atoms with Crippen LogP contribution in [0.25, 0.3) is 0 Å². The fourth-order valence-electron chi connectivity index (χ4n) is 1.53. The minimum Gasteiger partial charge on any atom is -0.507 e. The van der Waals surface area contributed by atoms with Gasteiger partial charge in [0, 0.05) is 12.6 Å². The van der Waals surface area contributed by atoms with Crippen LogP contribution in [0.15, 0.2) is 24.3 Å². The second-order valence-corrected chi connectivity index (χ2v) is 3.71. The summed E-state index contributed by atoms with van der Waals surface area (Å²) in [6, 6.07) is 6.44. The molecule has 1 aromatic rings. The highest BCUT2D eigenvalue weighted by atomic mass is 16.3. The lowest BCUT2D eigenvalue weighted by Crippen LogP contribution is -2.40. The van der Waals surface area contributed by atoms with Crippen LogP contribution in [0.1, 0.15) is 30.1 Å². The van der Waals surface area contributed by atoms with E-state index in [-0.39, 0.29) is 23.3 Å². The van der Waals surface area contributed by atoms with E-state index >= 15 is 0 Å². The first-order valence-corrected chi connectivity index (χ1v) is 5.48. The first-order valence-electron chi connectivity index (χ1n) is 5.48. The van der Waals surface area contributed by atoms with Crippen molar-refractivity contribution in [3.8, 4) is 5.75 Å². The number of nitrogens with two attached hydrogens (primary N) is 1. The summed E-state index contributed by atoms with van der Waals surface area (Å²) in [6.45, 7) is 2.45. The minimum absolute atomic E-state index is 0.00716. The molecule has 16 heavy (non-hydrogen) atoms. The number of amides is 1. The molecule has 0 aliphatic rings. The van der Waals surface area contributed by atoms with Crippen molar-refractivity contribution in [2.45, 2.75) is 25.8 Å². The zero-order chi connectivity index (χ0) is 12.0. The van der Waals surface area contributed by atoms with Crippen molar-refractivity contribution in [2.75, 3.05) is 6.54 Å². The molecule has 0 spiro atoms. The van der Waals surface area contributed by atoms with Crippen LogP contribution in [0.5, 0.6) is 5.75 Å². The van der Waals surface area contributed by atoms with E-state index in [9.17, 15) is 9.90 Å². The van der Waals surface area contributed by atoms with Gasteiger partial charge in [-0.1, -0.05) is 25.5 Å². The van der Waals surface area contributed by atoms with Gasteiger partial charge in [0.25, 0.3) is 5.91 Å². The van der Waals surface area contributed by atoms with Crippen LogP contribution < -0.4 is 11.1 Å². The second kappa shape index (κ2) is 6.12. The third-order valence-corrected chi connectivity index (χ3v) is 2.41. The zero-order valence-electron chi connectivity index (χ0n) is 9.44. The van der Waals surface area contributed by atoms with E-state index < -0.39 is 0 Å². The monoisotopic (exact) mass is 222 g/mol. The zero-order valence-corrected chi connectivity index (χ0v) is 9.44. The SMILES string of the molecule is CCCC(CN)NC(=O)c1ccccc1O. The molecule has 1 rings (SSSR count). The van der Waals surface area contributed by atoms with E-state index in [2.05, 4.69) is 5.32 Å². The first kappa shape index (κ1) is 12.5. The van der Waals surface area contributed by atoms with E-state index in [0.717, 1.165) is 12.8 Å². The van der Waals surface area contributed by atoms with Gasteiger partial charge in [-0.25, -0.2) is 0 Å². The van der Waals surface area contributed by atoms with Gasteiger partial charge in [0.1, 0.15) is 5.75 Å². The number of aromatic hydroxyl groups is 1. The molecule has 1 amide bonds. The fourth-order valence-corrected chi connectivity index (χ4v) is 1.53. The van der Waals surface area contributed by atoms with Crippen molar-refractivity contribution < 1.29 is 9.90 Å². The van der Waals surface area contributed by atoms with Crippen molar-refractivity contribution in [3.63, 3.8) is 0 Å². The number of hydrogen-bond acceptors (Lipinski definition) is 3. The second-order valence-electron chi connectivity index (χ2n) is 3.71. The Morgan fingerprint density at radius 3 is 2.75 bits per heavy atom. The lowest BCUT2D eigenvalue weighted by molar-refractivity contribution is 0.0933. The van der Waals surface area contributed by atoms with E-state index in [1.807, 2.05) is 6.92 Å². The fraction of sp³-hybridized carbons (Fsp3) is 0.417. The molecule has 4 N–H and O–H groups in total. The molecular weight excluding hydrogens is 204 g/mol. The van der Waals surface area contributed by atoms with Gasteiger partial charge in [-0.2, -0.15) is 0 Å². The summed E-state index contributed by atoms with van der Waals surface area (Å²) in [5, 5.41) is 12.3. The topological polar surface area (TPSA) is 75.3 Å². The quantitative estimate of drug-likeness (QED) is 0.701. The van der Waals surface area contributed by atoms with Gasteiger partial charge in [-0.05, 0) is 18.6 Å². The Balaban J connectivity index is 2.68. The summed E-state index contributed by atoms with van der Waals surface area (Å²) in [5.41, 5.74) is 5.83. The number of phenols is 1. The first-order chi connectivity index (χ1) is 7.69. The summed E-state index contributed by atoms with van der Waals surface area (Å²) in [5.74, 6) is -0.283. The lowest BCUT2D eigenvalue weighted by Gasteiger charge is -2.16. The third kappa shape index (κ3) is 3.24. The Bertz CT molecular complexity index is 353. The van der Waals surface area contributed by atoms with Crippen LogP contribution in [-0.4, -0.2) is 23.6 Å². The molecule has 4 heteroatoms. The minimum atomic E-state index is -0.276. The largest absolute Gasteiger partial charge is 0.507 e. The van der Waals surface area contributed by atoms with Crippen LogP contribution in [-0.2, 0) is 0 Å². The highest BCUT2D eigenvalue weighted by Gasteiger charge is 2.14. The molecule has 0 fully saturated rings. The Hall–Kier alpha value is -1.55. The summed E-state index contributed by atoms with van der Waals surface area (Å²) >= 11 is 0. The van der Waals surface area contributed by atoms with E-state index in [1.165, 1.54) is 6.07 Å². The average molecular weight is 222 g/mol. The van der Waals surface area contributed by atoms with Crippen LogP contribution in [0.4, 0.5) is 0 Å². The molecule has 1 aromatic carbocycles. The van der Waals surface area contributed by atoms with Gasteiger partial charge in [-0.3, -0.25) is 4.79 Å². The maximum atomic E-state index is 11.8. The molecule has 0 saturated heterocycles. The third-order valence-electron chi connectivity index (χ3n) is 2.41. The molecule has 0 radical (unpaired) electrons. The number of para-hydroxylation sites is 1. The molecule has 0 aliphatic carbocycles. The van der Waals surface area contributed by atoms with Crippen LogP contribution in [0.3, 0.4) is 0 Å². The van der Waals surface area contributed by atoms with E-state index in [4.69, 9.17) is 5.73 Å². The highest BCUT2D eigenvalue weighted by Crippen LogP contribution is 2.15. The van der Waals surface area contributed by atoms with Crippen molar-refractivity contribution >= 4 is 5.91 Å². The number of hydrogen-bond donors (Lipinski definition) is 3. The standard InChI is InChI=1S/C12H18N2O2/c1-2-5-9(8-13)14-12(16)10-6-3-4-7-11(10)15/h3-4,6-7,9,15H,2,5,8,13H2,1H3,(H,14,16). The van der Waals surface area contributed by atoms with E-state index in [0.29, 0.717) is 6.54 Å². The van der Waals surface area contributed by atoms with Gasteiger partial charge in [-0.15, -0.1) is 0 Å². The summed E-state index contributed by atoms with van der Waals surface area (Å²) in [7, 11) is 0. The van der Waals surface area contributed by atoms with Gasteiger partial charge in [0.05, 0.1) is 5.56 Å². The number of carbonyl (C=O) groups excluding carboxylic acids is 1. The van der Waals surface area contributed by atoms with Crippen LogP contribution in [0.2, 0.25) is 0 Å². The van der Waals surface area contributed by atoms with Crippen LogP contribution >= 0.6 is 0 Å². The average Bonchev–Trinajstić information content (AvgIpc) is 2.28. The van der Waals surface area contributed by atoms with Gasteiger partial charge >= 0.3 is 0 Å². The molecule has 88 valence electrons. The maximum absolute atomic E-state index is 11.8. The molecule has 0 saturated carbocycles. The summed E-state index contributed by atoms with van der Waals surface area (Å²) in [6.07, 6.45) is 1.80. The van der Waals surface area contributed by atoms with Crippen molar-refractivity contribution in [1.29, 1.82) is 0 Å². The van der Waals surface area contributed by atoms with Crippen molar-refractivity contribution in [1.82, 2.24) is 5.32 Å². The smallest absolute Gasteiger partial charge is 0.255 e. The number of rotatable bonds is 5. The summed E-state index contributed by atoms with van der Waals surface area (Å²) < 4.78 is 0. The predicted molar refractivity (Wildman–Crippen MR) is 63.3 cm³/mol. The summed E-state index contributed by atoms with van der Waals surface area (Å²) in [4.78, 5) is 11.8. The molecule has 0 aliphatic heterocycles. The molecule has 0 aromatic heterocycles. The molecule has 1 atom stereocenters. The Morgan fingerprint density at radius 1 is 1.50 bits per heavy atom. The normalized spacial score (nSPS) is 12.1. The molecule has 4 nitrogen and oxygen atoms in total. The number of phenolic OH excluding ortho intramolecular Hbond substituents is 1. The van der Waals surface area contributed by atoms with Crippen molar-refractivity contribution in [2.24, 2.45) is 5.73 Å². The number of nitrogens with one attached hydrogen (secondary N) is 1. The number of carbonyl (C=O) groups is 1. The van der Waals surface area contributed by atoms with Crippen molar-refractivity contribution in [3.05, 3.63) is 29.8 Å². The van der Waals surface area contributed by atoms with Gasteiger partial charge in [0.15, 0.2) is 0 Å². The van der Waals surface area contributed by atoms with E-state index in [1.54, 1.807) is 18.2 Å².